The maximum atomic E-state index is 5.46. The zero-order valence-electron chi connectivity index (χ0n) is 11.0. The molecular formula is C14H20BrNO2. The fraction of sp³-hybridized carbons (Fsp3) is 0.571. The molecule has 0 spiro atoms. The van der Waals surface area contributed by atoms with E-state index in [1.54, 1.807) is 14.2 Å². The van der Waals surface area contributed by atoms with Crippen molar-refractivity contribution >= 4 is 15.9 Å². The van der Waals surface area contributed by atoms with Crippen LogP contribution in [0.2, 0.25) is 0 Å². The lowest BCUT2D eigenvalue weighted by Crippen LogP contribution is -2.38. The van der Waals surface area contributed by atoms with E-state index in [-0.39, 0.29) is 0 Å². The molecule has 1 aromatic rings. The van der Waals surface area contributed by atoms with Gasteiger partial charge in [0.2, 0.25) is 0 Å². The topological polar surface area (TPSA) is 21.7 Å². The van der Waals surface area contributed by atoms with Gasteiger partial charge in [-0.3, -0.25) is 4.90 Å². The highest BCUT2D eigenvalue weighted by Crippen LogP contribution is 2.25. The van der Waals surface area contributed by atoms with E-state index >= 15 is 0 Å². The average Bonchev–Trinajstić information content (AvgIpc) is 2.39. The highest BCUT2D eigenvalue weighted by molar-refractivity contribution is 9.10. The van der Waals surface area contributed by atoms with Crippen LogP contribution in [0.1, 0.15) is 18.4 Å². The maximum absolute atomic E-state index is 5.46. The van der Waals surface area contributed by atoms with Crippen LogP contribution >= 0.6 is 15.9 Å². The van der Waals surface area contributed by atoms with Gasteiger partial charge in [-0.25, -0.2) is 0 Å². The number of methoxy groups -OCH3 is 2. The molecule has 1 fully saturated rings. The van der Waals surface area contributed by atoms with Crippen LogP contribution in [0.15, 0.2) is 22.7 Å². The van der Waals surface area contributed by atoms with Gasteiger partial charge in [0, 0.05) is 30.2 Å². The molecule has 18 heavy (non-hydrogen) atoms. The third-order valence-electron chi connectivity index (χ3n) is 3.43. The van der Waals surface area contributed by atoms with Crippen molar-refractivity contribution in [3.8, 4) is 5.75 Å². The van der Waals surface area contributed by atoms with E-state index in [4.69, 9.17) is 9.47 Å². The molecule has 1 aliphatic rings. The Morgan fingerprint density at radius 2 is 2.22 bits per heavy atom. The summed E-state index contributed by atoms with van der Waals surface area (Å²) in [6.45, 7) is 3.06. The molecule has 0 saturated carbocycles. The third kappa shape index (κ3) is 3.46. The van der Waals surface area contributed by atoms with E-state index < -0.39 is 0 Å². The van der Waals surface area contributed by atoms with Gasteiger partial charge in [-0.1, -0.05) is 15.9 Å². The summed E-state index contributed by atoms with van der Waals surface area (Å²) in [4.78, 5) is 2.43. The van der Waals surface area contributed by atoms with Crippen LogP contribution in [-0.2, 0) is 11.3 Å². The average molecular weight is 314 g/mol. The van der Waals surface area contributed by atoms with E-state index in [1.165, 1.54) is 18.4 Å². The summed E-state index contributed by atoms with van der Waals surface area (Å²) in [6, 6.07) is 6.16. The maximum Gasteiger partial charge on any atom is 0.123 e. The quantitative estimate of drug-likeness (QED) is 0.852. The standard InChI is InChI=1S/C14H20BrNO2/c1-17-13-4-3-7-16(10-13)9-11-8-12(15)5-6-14(11)18-2/h5-6,8,13H,3-4,7,9-10H2,1-2H3. The number of benzene rings is 1. The second-order valence-electron chi connectivity index (χ2n) is 4.69. The van der Waals surface area contributed by atoms with Gasteiger partial charge in [-0.2, -0.15) is 0 Å². The van der Waals surface area contributed by atoms with Gasteiger partial charge >= 0.3 is 0 Å². The molecule has 0 radical (unpaired) electrons. The van der Waals surface area contributed by atoms with Crippen molar-refractivity contribution in [2.24, 2.45) is 0 Å². The first-order valence-corrected chi connectivity index (χ1v) is 7.10. The summed E-state index contributed by atoms with van der Waals surface area (Å²) in [6.07, 6.45) is 2.74. The van der Waals surface area contributed by atoms with Crippen molar-refractivity contribution in [3.63, 3.8) is 0 Å². The van der Waals surface area contributed by atoms with Crippen LogP contribution in [0.4, 0.5) is 0 Å². The monoisotopic (exact) mass is 313 g/mol. The normalized spacial score (nSPS) is 20.9. The summed E-state index contributed by atoms with van der Waals surface area (Å²) in [5.41, 5.74) is 1.23. The van der Waals surface area contributed by atoms with E-state index in [9.17, 15) is 0 Å². The number of piperidine rings is 1. The lowest BCUT2D eigenvalue weighted by atomic mass is 10.1. The summed E-state index contributed by atoms with van der Waals surface area (Å²) in [5, 5.41) is 0. The molecule has 3 nitrogen and oxygen atoms in total. The Balaban J connectivity index is 2.06. The largest absolute Gasteiger partial charge is 0.496 e. The molecule has 0 aliphatic carbocycles. The molecule has 0 bridgehead atoms. The highest BCUT2D eigenvalue weighted by atomic mass is 79.9. The van der Waals surface area contributed by atoms with Gasteiger partial charge in [0.05, 0.1) is 13.2 Å². The number of nitrogens with zero attached hydrogens (tertiary/aromatic N) is 1. The molecule has 1 saturated heterocycles. The summed E-state index contributed by atoms with van der Waals surface area (Å²) in [7, 11) is 3.52. The van der Waals surface area contributed by atoms with Crippen LogP contribution in [0.3, 0.4) is 0 Å². The molecule has 1 aromatic carbocycles. The van der Waals surface area contributed by atoms with E-state index in [0.717, 1.165) is 29.9 Å². The molecule has 4 heteroatoms. The number of rotatable bonds is 4. The van der Waals surface area contributed by atoms with Crippen LogP contribution in [0.5, 0.6) is 5.75 Å². The number of likely N-dealkylation sites (tertiary alicyclic amines) is 1. The molecule has 100 valence electrons. The Morgan fingerprint density at radius 3 is 2.94 bits per heavy atom. The lowest BCUT2D eigenvalue weighted by molar-refractivity contribution is 0.0283. The van der Waals surface area contributed by atoms with E-state index in [2.05, 4.69) is 26.9 Å². The lowest BCUT2D eigenvalue weighted by Gasteiger charge is -2.32. The van der Waals surface area contributed by atoms with Gasteiger partial charge in [0.1, 0.15) is 5.75 Å². The smallest absolute Gasteiger partial charge is 0.123 e. The minimum Gasteiger partial charge on any atom is -0.496 e. The molecule has 0 amide bonds. The minimum absolute atomic E-state index is 0.372. The number of hydrogen-bond donors (Lipinski definition) is 0. The fourth-order valence-corrected chi connectivity index (χ4v) is 2.87. The van der Waals surface area contributed by atoms with E-state index in [1.807, 2.05) is 12.1 Å². The third-order valence-corrected chi connectivity index (χ3v) is 3.93. The molecule has 1 unspecified atom stereocenters. The van der Waals surface area contributed by atoms with Crippen LogP contribution in [0.25, 0.3) is 0 Å². The van der Waals surface area contributed by atoms with Gasteiger partial charge < -0.3 is 9.47 Å². The molecule has 0 aromatic heterocycles. The van der Waals surface area contributed by atoms with Gasteiger partial charge in [0.25, 0.3) is 0 Å². The van der Waals surface area contributed by atoms with E-state index in [0.29, 0.717) is 6.10 Å². The van der Waals surface area contributed by atoms with Crippen molar-refractivity contribution in [3.05, 3.63) is 28.2 Å². The molecule has 0 N–H and O–H groups in total. The number of ether oxygens (including phenoxy) is 2. The molecular weight excluding hydrogens is 294 g/mol. The first-order valence-electron chi connectivity index (χ1n) is 6.30. The Kier molecular flexibility index (Phi) is 5.03. The molecule has 1 aliphatic heterocycles. The summed E-state index contributed by atoms with van der Waals surface area (Å²) < 4.78 is 12.0. The summed E-state index contributed by atoms with van der Waals surface area (Å²) in [5.74, 6) is 0.956. The van der Waals surface area contributed by atoms with Crippen molar-refractivity contribution in [1.82, 2.24) is 4.90 Å². The zero-order valence-corrected chi connectivity index (χ0v) is 12.6. The van der Waals surface area contributed by atoms with Gasteiger partial charge in [-0.15, -0.1) is 0 Å². The second kappa shape index (κ2) is 6.55. The second-order valence-corrected chi connectivity index (χ2v) is 5.61. The molecule has 1 atom stereocenters. The Hall–Kier alpha value is -0.580. The Bertz CT molecular complexity index is 397. The molecule has 2 rings (SSSR count). The first-order chi connectivity index (χ1) is 8.72. The SMILES string of the molecule is COc1ccc(Br)cc1CN1CCCC(OC)C1. The Labute approximate surface area is 117 Å². The number of hydrogen-bond acceptors (Lipinski definition) is 3. The fourth-order valence-electron chi connectivity index (χ4n) is 2.46. The van der Waals surface area contributed by atoms with Crippen LogP contribution < -0.4 is 4.74 Å². The minimum atomic E-state index is 0.372. The summed E-state index contributed by atoms with van der Waals surface area (Å²) >= 11 is 3.52. The van der Waals surface area contributed by atoms with Crippen molar-refractivity contribution in [2.45, 2.75) is 25.5 Å². The molecule has 1 heterocycles. The Morgan fingerprint density at radius 1 is 1.39 bits per heavy atom. The zero-order chi connectivity index (χ0) is 13.0. The van der Waals surface area contributed by atoms with Crippen molar-refractivity contribution in [2.75, 3.05) is 27.3 Å². The first kappa shape index (κ1) is 13.8. The van der Waals surface area contributed by atoms with Crippen molar-refractivity contribution < 1.29 is 9.47 Å². The number of halogens is 1. The predicted octanol–water partition coefficient (Wildman–Crippen LogP) is 3.07. The van der Waals surface area contributed by atoms with Gasteiger partial charge in [0.15, 0.2) is 0 Å². The van der Waals surface area contributed by atoms with Crippen molar-refractivity contribution in [1.29, 1.82) is 0 Å². The predicted molar refractivity (Wildman–Crippen MR) is 76.0 cm³/mol. The van der Waals surface area contributed by atoms with Crippen LogP contribution in [0, 0.1) is 0 Å². The highest BCUT2D eigenvalue weighted by Gasteiger charge is 2.20. The van der Waals surface area contributed by atoms with Gasteiger partial charge in [-0.05, 0) is 37.6 Å². The van der Waals surface area contributed by atoms with Crippen LogP contribution in [-0.4, -0.2) is 38.3 Å².